The minimum absolute atomic E-state index is 0. The number of methoxy groups -OCH3 is 3. The molecule has 92 valence electrons. The van der Waals surface area contributed by atoms with E-state index in [9.17, 15) is 0 Å². The van der Waals surface area contributed by atoms with Gasteiger partial charge in [-0.15, -0.1) is 12.4 Å². The van der Waals surface area contributed by atoms with Gasteiger partial charge >= 0.3 is 0 Å². The Balaban J connectivity index is 0.00000225. The van der Waals surface area contributed by atoms with Gasteiger partial charge in [-0.2, -0.15) is 0 Å². The van der Waals surface area contributed by atoms with E-state index >= 15 is 0 Å². The van der Waals surface area contributed by atoms with Crippen LogP contribution in [0.1, 0.15) is 5.56 Å². The van der Waals surface area contributed by atoms with E-state index in [1.165, 1.54) is 0 Å². The maximum absolute atomic E-state index is 5.55. The van der Waals surface area contributed by atoms with Crippen LogP contribution in [-0.4, -0.2) is 27.9 Å². The highest BCUT2D eigenvalue weighted by molar-refractivity contribution is 5.85. The first kappa shape index (κ1) is 14.9. The van der Waals surface area contributed by atoms with E-state index in [-0.39, 0.29) is 12.4 Å². The first-order valence-electron chi connectivity index (χ1n) is 4.76. The summed E-state index contributed by atoms with van der Waals surface area (Å²) in [5, 5.41) is 0. The summed E-state index contributed by atoms with van der Waals surface area (Å²) < 4.78 is 15.8. The predicted octanol–water partition coefficient (Wildman–Crippen LogP) is 1.64. The second-order valence-electron chi connectivity index (χ2n) is 3.02. The fraction of sp³-hybridized carbons (Fsp3) is 0.455. The van der Waals surface area contributed by atoms with Crippen molar-refractivity contribution in [3.63, 3.8) is 0 Å². The van der Waals surface area contributed by atoms with Crippen LogP contribution in [0, 0.1) is 0 Å². The van der Waals surface area contributed by atoms with Crippen molar-refractivity contribution in [2.24, 2.45) is 5.73 Å². The first-order chi connectivity index (χ1) is 7.28. The minimum atomic E-state index is 0. The Morgan fingerprint density at radius 1 is 1.00 bits per heavy atom. The maximum atomic E-state index is 5.55. The van der Waals surface area contributed by atoms with Gasteiger partial charge in [-0.05, 0) is 25.1 Å². The average Bonchev–Trinajstić information content (AvgIpc) is 2.28. The SMILES string of the molecule is COc1ccc(OC)c(OC)c1CCN.Cl. The summed E-state index contributed by atoms with van der Waals surface area (Å²) >= 11 is 0. The van der Waals surface area contributed by atoms with E-state index in [2.05, 4.69) is 0 Å². The van der Waals surface area contributed by atoms with Crippen molar-refractivity contribution in [3.8, 4) is 17.2 Å². The fourth-order valence-corrected chi connectivity index (χ4v) is 1.55. The zero-order chi connectivity index (χ0) is 11.3. The normalized spacial score (nSPS) is 9.25. The molecule has 1 aromatic rings. The van der Waals surface area contributed by atoms with Crippen LogP contribution in [-0.2, 0) is 6.42 Å². The molecule has 0 aliphatic carbocycles. The van der Waals surface area contributed by atoms with Crippen LogP contribution in [0.25, 0.3) is 0 Å². The van der Waals surface area contributed by atoms with Gasteiger partial charge in [0.2, 0.25) is 0 Å². The number of rotatable bonds is 5. The van der Waals surface area contributed by atoms with Crippen molar-refractivity contribution >= 4 is 12.4 Å². The standard InChI is InChI=1S/C11H17NO3.ClH/c1-13-9-4-5-10(14-2)11(15-3)8(9)6-7-12;/h4-5H,6-7,12H2,1-3H3;1H. The third kappa shape index (κ3) is 2.93. The van der Waals surface area contributed by atoms with Crippen LogP contribution in [0.5, 0.6) is 17.2 Å². The van der Waals surface area contributed by atoms with Gasteiger partial charge in [-0.3, -0.25) is 0 Å². The monoisotopic (exact) mass is 247 g/mol. The highest BCUT2D eigenvalue weighted by Crippen LogP contribution is 2.37. The summed E-state index contributed by atoms with van der Waals surface area (Å²) in [5.41, 5.74) is 6.49. The van der Waals surface area contributed by atoms with Crippen molar-refractivity contribution in [3.05, 3.63) is 17.7 Å². The van der Waals surface area contributed by atoms with Crippen molar-refractivity contribution in [1.82, 2.24) is 0 Å². The first-order valence-corrected chi connectivity index (χ1v) is 4.76. The molecule has 0 unspecified atom stereocenters. The molecule has 0 atom stereocenters. The lowest BCUT2D eigenvalue weighted by molar-refractivity contribution is 0.344. The smallest absolute Gasteiger partial charge is 0.167 e. The lowest BCUT2D eigenvalue weighted by Crippen LogP contribution is -2.07. The molecule has 4 nitrogen and oxygen atoms in total. The summed E-state index contributed by atoms with van der Waals surface area (Å²) in [6.07, 6.45) is 0.698. The lowest BCUT2D eigenvalue weighted by atomic mass is 10.1. The summed E-state index contributed by atoms with van der Waals surface area (Å²) in [7, 11) is 4.84. The van der Waals surface area contributed by atoms with Crippen LogP contribution in [0.15, 0.2) is 12.1 Å². The number of hydrogen-bond acceptors (Lipinski definition) is 4. The predicted molar refractivity (Wildman–Crippen MR) is 66.1 cm³/mol. The molecule has 0 amide bonds. The van der Waals surface area contributed by atoms with Crippen LogP contribution >= 0.6 is 12.4 Å². The van der Waals surface area contributed by atoms with Crippen molar-refractivity contribution in [1.29, 1.82) is 0 Å². The van der Waals surface area contributed by atoms with Gasteiger partial charge in [0.25, 0.3) is 0 Å². The number of halogens is 1. The quantitative estimate of drug-likeness (QED) is 0.860. The number of ether oxygens (including phenoxy) is 3. The van der Waals surface area contributed by atoms with Crippen molar-refractivity contribution in [2.45, 2.75) is 6.42 Å². The van der Waals surface area contributed by atoms with Gasteiger partial charge in [0.1, 0.15) is 5.75 Å². The van der Waals surface area contributed by atoms with Gasteiger partial charge in [0, 0.05) is 5.56 Å². The van der Waals surface area contributed by atoms with Crippen LogP contribution in [0.2, 0.25) is 0 Å². The van der Waals surface area contributed by atoms with E-state index in [1.807, 2.05) is 12.1 Å². The number of hydrogen-bond donors (Lipinski definition) is 1. The third-order valence-electron chi connectivity index (χ3n) is 2.22. The molecule has 0 aliphatic rings. The Bertz CT molecular complexity index is 331. The Kier molecular flexibility index (Phi) is 6.69. The number of nitrogens with two attached hydrogens (primary N) is 1. The second kappa shape index (κ2) is 7.19. The fourth-order valence-electron chi connectivity index (χ4n) is 1.55. The summed E-state index contributed by atoms with van der Waals surface area (Å²) in [5.74, 6) is 2.17. The third-order valence-corrected chi connectivity index (χ3v) is 2.22. The maximum Gasteiger partial charge on any atom is 0.167 e. The van der Waals surface area contributed by atoms with Gasteiger partial charge in [-0.1, -0.05) is 0 Å². The molecule has 0 spiro atoms. The molecule has 0 saturated heterocycles. The van der Waals surface area contributed by atoms with Crippen LogP contribution in [0.3, 0.4) is 0 Å². The Morgan fingerprint density at radius 2 is 1.56 bits per heavy atom. The summed E-state index contributed by atoms with van der Waals surface area (Å²) in [4.78, 5) is 0. The molecule has 0 heterocycles. The zero-order valence-corrected chi connectivity index (χ0v) is 10.6. The Hall–Kier alpha value is -1.13. The molecule has 1 rings (SSSR count). The van der Waals surface area contributed by atoms with E-state index in [1.54, 1.807) is 21.3 Å². The number of benzene rings is 1. The molecule has 1 aromatic carbocycles. The molecule has 0 radical (unpaired) electrons. The van der Waals surface area contributed by atoms with E-state index < -0.39 is 0 Å². The summed E-state index contributed by atoms with van der Waals surface area (Å²) in [6, 6.07) is 3.67. The highest BCUT2D eigenvalue weighted by Gasteiger charge is 2.14. The summed E-state index contributed by atoms with van der Waals surface area (Å²) in [6.45, 7) is 0.542. The molecule has 0 aromatic heterocycles. The van der Waals surface area contributed by atoms with E-state index in [0.29, 0.717) is 24.5 Å². The lowest BCUT2D eigenvalue weighted by Gasteiger charge is -2.15. The Labute approximate surface area is 102 Å². The molecule has 0 bridgehead atoms. The molecular weight excluding hydrogens is 230 g/mol. The largest absolute Gasteiger partial charge is 0.496 e. The van der Waals surface area contributed by atoms with E-state index in [4.69, 9.17) is 19.9 Å². The molecule has 0 fully saturated rings. The van der Waals surface area contributed by atoms with Crippen molar-refractivity contribution < 1.29 is 14.2 Å². The van der Waals surface area contributed by atoms with E-state index in [0.717, 1.165) is 11.3 Å². The average molecular weight is 248 g/mol. The van der Waals surface area contributed by atoms with Crippen LogP contribution < -0.4 is 19.9 Å². The minimum Gasteiger partial charge on any atom is -0.496 e. The van der Waals surface area contributed by atoms with Gasteiger partial charge in [-0.25, -0.2) is 0 Å². The van der Waals surface area contributed by atoms with Gasteiger partial charge < -0.3 is 19.9 Å². The zero-order valence-electron chi connectivity index (χ0n) is 9.78. The van der Waals surface area contributed by atoms with Crippen LogP contribution in [0.4, 0.5) is 0 Å². The highest BCUT2D eigenvalue weighted by atomic mass is 35.5. The molecule has 2 N–H and O–H groups in total. The van der Waals surface area contributed by atoms with Gasteiger partial charge in [0.05, 0.1) is 21.3 Å². The topological polar surface area (TPSA) is 53.7 Å². The molecule has 0 saturated carbocycles. The molecule has 16 heavy (non-hydrogen) atoms. The molecular formula is C11H18ClNO3. The molecule has 0 aliphatic heterocycles. The second-order valence-corrected chi connectivity index (χ2v) is 3.02. The van der Waals surface area contributed by atoms with Gasteiger partial charge in [0.15, 0.2) is 11.5 Å². The van der Waals surface area contributed by atoms with Crippen molar-refractivity contribution in [2.75, 3.05) is 27.9 Å². The molecule has 5 heteroatoms. The Morgan fingerprint density at radius 3 is 2.00 bits per heavy atom.